The fraction of sp³-hybridized carbons (Fsp3) is 0.125. The lowest BCUT2D eigenvalue weighted by Crippen LogP contribution is -2.26. The van der Waals surface area contributed by atoms with E-state index in [0.717, 1.165) is 6.07 Å². The van der Waals surface area contributed by atoms with Crippen LogP contribution in [0, 0.1) is 16.5 Å². The number of allylic oxidation sites excluding steroid dienone is 1. The molecule has 0 aliphatic carbocycles. The normalized spacial score (nSPS) is 16.0. The standard InChI is InChI=1S/C16H12N3O6/c17-6-10-13(9-3-1-2-4-11(9)19(22)23)15-14(25-16(10)18)12(21)5-8(7-20)24-15/h1-5,13,20,22H,7,18H2/q-1/t13-/m1/s1. The molecule has 0 saturated heterocycles. The molecule has 0 fully saturated rings. The predicted octanol–water partition coefficient (Wildman–Crippen LogP) is 1.04. The third-order valence-electron chi connectivity index (χ3n) is 3.74. The van der Waals surface area contributed by atoms with Gasteiger partial charge in [-0.15, -0.1) is 0 Å². The largest absolute Gasteiger partial charge is 0.733 e. The Morgan fingerprint density at radius 1 is 1.40 bits per heavy atom. The number of fused-ring (bicyclic) bond motifs is 1. The summed E-state index contributed by atoms with van der Waals surface area (Å²) < 4.78 is 10.7. The molecule has 1 atom stereocenters. The summed E-state index contributed by atoms with van der Waals surface area (Å²) in [5.41, 5.74) is 5.08. The molecule has 3 rings (SSSR count). The molecule has 9 nitrogen and oxygen atoms in total. The number of hydrogen-bond acceptors (Lipinski definition) is 9. The van der Waals surface area contributed by atoms with E-state index in [9.17, 15) is 25.6 Å². The van der Waals surface area contributed by atoms with Crippen LogP contribution >= 0.6 is 0 Å². The van der Waals surface area contributed by atoms with Gasteiger partial charge in [-0.05, 0) is 11.6 Å². The highest BCUT2D eigenvalue weighted by Gasteiger charge is 2.36. The molecule has 2 aromatic rings. The number of aliphatic hydroxyl groups excluding tert-OH is 1. The summed E-state index contributed by atoms with van der Waals surface area (Å²) in [6.07, 6.45) is 0. The molecule has 9 heteroatoms. The summed E-state index contributed by atoms with van der Waals surface area (Å²) in [6, 6.07) is 8.81. The van der Waals surface area contributed by atoms with Gasteiger partial charge in [0.05, 0.1) is 11.6 Å². The van der Waals surface area contributed by atoms with E-state index in [1.54, 1.807) is 6.07 Å². The molecule has 1 aliphatic heterocycles. The molecular formula is C16H12N3O6-. The molecule has 1 aliphatic rings. The molecule has 0 bridgehead atoms. The van der Waals surface area contributed by atoms with Crippen molar-refractivity contribution in [1.29, 1.82) is 5.26 Å². The van der Waals surface area contributed by atoms with Crippen molar-refractivity contribution < 1.29 is 19.5 Å². The Morgan fingerprint density at radius 3 is 2.76 bits per heavy atom. The number of hydrogen-bond donors (Lipinski definition) is 3. The topological polar surface area (TPSA) is 156 Å². The van der Waals surface area contributed by atoms with Crippen LogP contribution in [0.15, 0.2) is 51.0 Å². The Balaban J connectivity index is 2.34. The van der Waals surface area contributed by atoms with Crippen LogP contribution in [0.1, 0.15) is 23.0 Å². The van der Waals surface area contributed by atoms with Crippen molar-refractivity contribution in [3.8, 4) is 11.8 Å². The van der Waals surface area contributed by atoms with Crippen LogP contribution in [-0.2, 0) is 6.61 Å². The highest BCUT2D eigenvalue weighted by molar-refractivity contribution is 5.62. The Morgan fingerprint density at radius 2 is 2.12 bits per heavy atom. The minimum Gasteiger partial charge on any atom is -0.733 e. The van der Waals surface area contributed by atoms with Crippen molar-refractivity contribution in [2.24, 2.45) is 5.73 Å². The predicted molar refractivity (Wildman–Crippen MR) is 84.3 cm³/mol. The molecule has 1 aromatic carbocycles. The van der Waals surface area contributed by atoms with Gasteiger partial charge < -0.3 is 30.4 Å². The number of anilines is 1. The van der Waals surface area contributed by atoms with Crippen molar-refractivity contribution in [3.05, 3.63) is 74.3 Å². The lowest BCUT2D eigenvalue weighted by atomic mass is 9.86. The summed E-state index contributed by atoms with van der Waals surface area (Å²) in [5.74, 6) is -1.75. The van der Waals surface area contributed by atoms with E-state index < -0.39 is 18.0 Å². The van der Waals surface area contributed by atoms with Crippen LogP contribution in [-0.4, -0.2) is 10.3 Å². The first-order valence-corrected chi connectivity index (χ1v) is 7.08. The average molecular weight is 342 g/mol. The van der Waals surface area contributed by atoms with Gasteiger partial charge in [-0.25, -0.2) is 0 Å². The smallest absolute Gasteiger partial charge is 0.228 e. The van der Waals surface area contributed by atoms with Crippen molar-refractivity contribution in [2.45, 2.75) is 12.5 Å². The summed E-state index contributed by atoms with van der Waals surface area (Å²) >= 11 is 0. The van der Waals surface area contributed by atoms with Crippen LogP contribution < -0.4 is 21.1 Å². The van der Waals surface area contributed by atoms with Crippen molar-refractivity contribution in [3.63, 3.8) is 0 Å². The Labute approximate surface area is 140 Å². The lowest BCUT2D eigenvalue weighted by molar-refractivity contribution is 0.231. The second-order valence-corrected chi connectivity index (χ2v) is 5.19. The zero-order valence-corrected chi connectivity index (χ0v) is 12.7. The van der Waals surface area contributed by atoms with E-state index in [0.29, 0.717) is 0 Å². The van der Waals surface area contributed by atoms with Gasteiger partial charge in [0, 0.05) is 6.07 Å². The molecule has 0 spiro atoms. The Kier molecular flexibility index (Phi) is 4.16. The van der Waals surface area contributed by atoms with Gasteiger partial charge in [0.25, 0.3) is 0 Å². The molecule has 2 heterocycles. The van der Waals surface area contributed by atoms with Crippen LogP contribution in [0.2, 0.25) is 0 Å². The number of aliphatic hydroxyl groups is 1. The van der Waals surface area contributed by atoms with E-state index >= 15 is 0 Å². The Hall–Kier alpha value is -3.32. The minimum atomic E-state index is -1.06. The molecule has 0 unspecified atom stereocenters. The van der Waals surface area contributed by atoms with Gasteiger partial charge in [0.15, 0.2) is 5.76 Å². The fourth-order valence-electron chi connectivity index (χ4n) is 2.68. The van der Waals surface area contributed by atoms with E-state index in [1.165, 1.54) is 18.2 Å². The second-order valence-electron chi connectivity index (χ2n) is 5.19. The molecule has 0 radical (unpaired) electrons. The summed E-state index contributed by atoms with van der Waals surface area (Å²) in [4.78, 5) is 12.2. The fourth-order valence-corrected chi connectivity index (χ4v) is 2.68. The first kappa shape index (κ1) is 16.5. The first-order chi connectivity index (χ1) is 12.0. The molecule has 0 amide bonds. The molecule has 1 aromatic heterocycles. The van der Waals surface area contributed by atoms with Crippen molar-refractivity contribution >= 4 is 5.69 Å². The lowest BCUT2D eigenvalue weighted by Gasteiger charge is -2.30. The number of benzene rings is 1. The number of ether oxygens (including phenoxy) is 1. The van der Waals surface area contributed by atoms with Crippen LogP contribution in [0.5, 0.6) is 5.75 Å². The zero-order chi connectivity index (χ0) is 18.1. The number of nitrogens with zero attached hydrogens (tertiary/aromatic N) is 2. The SMILES string of the molecule is N#CC1=C(N)Oc2c(oc(CO)cc2=O)[C@@H]1c1ccccc1N([O-])O. The van der Waals surface area contributed by atoms with Crippen LogP contribution in [0.3, 0.4) is 0 Å². The zero-order valence-electron chi connectivity index (χ0n) is 12.7. The molecule has 0 saturated carbocycles. The van der Waals surface area contributed by atoms with Gasteiger partial charge in [-0.2, -0.15) is 5.26 Å². The van der Waals surface area contributed by atoms with E-state index in [1.807, 2.05) is 6.07 Å². The quantitative estimate of drug-likeness (QED) is 0.693. The van der Waals surface area contributed by atoms with Crippen molar-refractivity contribution in [2.75, 3.05) is 5.23 Å². The summed E-state index contributed by atoms with van der Waals surface area (Å²) in [5, 5.41) is 39.2. The second kappa shape index (κ2) is 6.29. The highest BCUT2D eigenvalue weighted by atomic mass is 16.8. The van der Waals surface area contributed by atoms with E-state index in [2.05, 4.69) is 0 Å². The average Bonchev–Trinajstić information content (AvgIpc) is 2.61. The van der Waals surface area contributed by atoms with Gasteiger partial charge >= 0.3 is 0 Å². The van der Waals surface area contributed by atoms with Gasteiger partial charge in [-0.3, -0.25) is 10.0 Å². The van der Waals surface area contributed by atoms with Crippen LogP contribution in [0.4, 0.5) is 5.69 Å². The molecule has 4 N–H and O–H groups in total. The monoisotopic (exact) mass is 342 g/mol. The van der Waals surface area contributed by atoms with Gasteiger partial charge in [0.2, 0.25) is 17.1 Å². The van der Waals surface area contributed by atoms with Crippen LogP contribution in [0.25, 0.3) is 0 Å². The maximum absolute atomic E-state index is 12.2. The first-order valence-electron chi connectivity index (χ1n) is 7.08. The number of para-hydroxylation sites is 1. The number of nitriles is 1. The van der Waals surface area contributed by atoms with Gasteiger partial charge in [0.1, 0.15) is 24.0 Å². The third kappa shape index (κ3) is 2.70. The van der Waals surface area contributed by atoms with Gasteiger partial charge in [-0.1, -0.05) is 18.2 Å². The van der Waals surface area contributed by atoms with E-state index in [-0.39, 0.29) is 45.2 Å². The van der Waals surface area contributed by atoms with Crippen molar-refractivity contribution in [1.82, 2.24) is 0 Å². The number of nitrogens with two attached hydrogens (primary N) is 1. The molecule has 25 heavy (non-hydrogen) atoms. The minimum absolute atomic E-state index is 0.0458. The summed E-state index contributed by atoms with van der Waals surface area (Å²) in [6.45, 7) is -0.550. The summed E-state index contributed by atoms with van der Waals surface area (Å²) in [7, 11) is 0. The highest BCUT2D eigenvalue weighted by Crippen LogP contribution is 2.43. The molecule has 128 valence electrons. The maximum atomic E-state index is 12.2. The Bertz CT molecular complexity index is 957. The number of rotatable bonds is 3. The third-order valence-corrected chi connectivity index (χ3v) is 3.74. The van der Waals surface area contributed by atoms with E-state index in [4.69, 9.17) is 14.9 Å². The molecular weight excluding hydrogens is 330 g/mol. The maximum Gasteiger partial charge on any atom is 0.228 e.